The Kier molecular flexibility index (Phi) is 7.71. The van der Waals surface area contributed by atoms with E-state index in [0.29, 0.717) is 48.1 Å². The number of Topliss-reactive ketones (excluding diaryl/α,β-unsaturated/α-hetero) is 1. The van der Waals surface area contributed by atoms with Gasteiger partial charge in [0.05, 0.1) is 47.5 Å². The van der Waals surface area contributed by atoms with Gasteiger partial charge >= 0.3 is 0 Å². The Morgan fingerprint density at radius 3 is 2.68 bits per heavy atom. The van der Waals surface area contributed by atoms with Gasteiger partial charge in [0.15, 0.2) is 5.76 Å². The van der Waals surface area contributed by atoms with Crippen LogP contribution in [0, 0.1) is 13.8 Å². The molecular weight excluding hydrogens is 522 g/mol. The van der Waals surface area contributed by atoms with Gasteiger partial charge < -0.3 is 19.5 Å². The fraction of sp³-hybridized carbons (Fsp3) is 0.458. The van der Waals surface area contributed by atoms with Gasteiger partial charge in [0.25, 0.3) is 5.91 Å². The largest absolute Gasteiger partial charge is 0.503 e. The number of aromatic nitrogens is 1. The third-order valence-electron chi connectivity index (χ3n) is 6.12. The third kappa shape index (κ3) is 4.91. The Hall–Kier alpha value is -2.27. The summed E-state index contributed by atoms with van der Waals surface area (Å²) in [6.07, 6.45) is 0.700. The first-order chi connectivity index (χ1) is 16.3. The topological polar surface area (TPSA) is 92.2 Å². The molecule has 2 aliphatic rings. The number of hydrogen-bond donors (Lipinski definition) is 1. The van der Waals surface area contributed by atoms with Crippen molar-refractivity contribution < 1.29 is 24.2 Å². The second kappa shape index (κ2) is 10.6. The van der Waals surface area contributed by atoms with Gasteiger partial charge in [-0.3, -0.25) is 14.5 Å². The minimum atomic E-state index is -0.765. The van der Waals surface area contributed by atoms with E-state index in [1.54, 1.807) is 25.0 Å². The summed E-state index contributed by atoms with van der Waals surface area (Å²) < 4.78 is 11.8. The Morgan fingerprint density at radius 1 is 1.29 bits per heavy atom. The maximum absolute atomic E-state index is 13.7. The molecular formula is C24H28BrN3O5S. The van der Waals surface area contributed by atoms with Crippen LogP contribution in [0.15, 0.2) is 34.0 Å². The van der Waals surface area contributed by atoms with Crippen LogP contribution in [0.3, 0.4) is 0 Å². The van der Waals surface area contributed by atoms with Crippen LogP contribution in [0.5, 0.6) is 5.75 Å². The monoisotopic (exact) mass is 549 g/mol. The molecule has 1 aromatic carbocycles. The number of rotatable bonds is 8. The van der Waals surface area contributed by atoms with Gasteiger partial charge in [0.2, 0.25) is 5.78 Å². The lowest BCUT2D eigenvalue weighted by molar-refractivity contribution is -0.129. The van der Waals surface area contributed by atoms with E-state index in [4.69, 9.17) is 9.47 Å². The molecule has 1 atom stereocenters. The van der Waals surface area contributed by atoms with E-state index >= 15 is 0 Å². The number of ketones is 1. The predicted molar refractivity (Wildman–Crippen MR) is 133 cm³/mol. The van der Waals surface area contributed by atoms with E-state index in [1.807, 2.05) is 19.1 Å². The van der Waals surface area contributed by atoms with Crippen LogP contribution < -0.4 is 4.74 Å². The van der Waals surface area contributed by atoms with Gasteiger partial charge in [0, 0.05) is 36.2 Å². The standard InChI is InChI=1S/C24H28BrN3O5S/c1-14-23(34-15(2)26-14)21(29)19-20(17-13-16(25)5-6-18(17)32-3)28(24(31)22(19)30)8-4-7-27-9-11-33-12-10-27/h5-6,13,20,30H,4,7-12H2,1-3H3. The fourth-order valence-electron chi connectivity index (χ4n) is 4.51. The number of carbonyl (C=O) groups is 2. The number of thiazole rings is 1. The van der Waals surface area contributed by atoms with Crippen LogP contribution in [-0.2, 0) is 9.53 Å². The number of halogens is 1. The predicted octanol–water partition coefficient (Wildman–Crippen LogP) is 3.83. The number of amides is 1. The van der Waals surface area contributed by atoms with Crippen LogP contribution in [-0.4, -0.2) is 78.1 Å². The zero-order chi connectivity index (χ0) is 24.4. The number of carbonyl (C=O) groups excluding carboxylic acids is 2. The molecule has 10 heteroatoms. The molecule has 1 fully saturated rings. The third-order valence-corrected chi connectivity index (χ3v) is 7.69. The molecule has 2 aliphatic heterocycles. The molecule has 0 radical (unpaired) electrons. The Morgan fingerprint density at radius 2 is 2.03 bits per heavy atom. The molecule has 1 saturated heterocycles. The van der Waals surface area contributed by atoms with Gasteiger partial charge in [-0.05, 0) is 38.5 Å². The lowest BCUT2D eigenvalue weighted by Crippen LogP contribution is -2.39. The maximum Gasteiger partial charge on any atom is 0.290 e. The fourth-order valence-corrected chi connectivity index (χ4v) is 5.76. The molecule has 1 aromatic heterocycles. The van der Waals surface area contributed by atoms with Gasteiger partial charge in [0.1, 0.15) is 5.75 Å². The van der Waals surface area contributed by atoms with E-state index in [2.05, 4.69) is 25.8 Å². The zero-order valence-electron chi connectivity index (χ0n) is 19.5. The van der Waals surface area contributed by atoms with Crippen molar-refractivity contribution in [3.05, 3.63) is 55.1 Å². The number of ether oxygens (including phenoxy) is 2. The van der Waals surface area contributed by atoms with Crippen molar-refractivity contribution in [2.45, 2.75) is 26.3 Å². The molecule has 0 saturated carbocycles. The molecule has 1 unspecified atom stereocenters. The molecule has 2 aromatic rings. The molecule has 182 valence electrons. The normalized spacial score (nSPS) is 19.2. The minimum absolute atomic E-state index is 0.0690. The van der Waals surface area contributed by atoms with Crippen LogP contribution in [0.25, 0.3) is 0 Å². The zero-order valence-corrected chi connectivity index (χ0v) is 21.9. The number of nitrogens with zero attached hydrogens (tertiary/aromatic N) is 3. The Bertz CT molecular complexity index is 1130. The number of methoxy groups -OCH3 is 1. The summed E-state index contributed by atoms with van der Waals surface area (Å²) in [4.78, 5) is 35.6. The summed E-state index contributed by atoms with van der Waals surface area (Å²) >= 11 is 4.76. The smallest absolute Gasteiger partial charge is 0.290 e. The highest BCUT2D eigenvalue weighted by atomic mass is 79.9. The van der Waals surface area contributed by atoms with Crippen molar-refractivity contribution in [2.75, 3.05) is 46.5 Å². The van der Waals surface area contributed by atoms with Crippen molar-refractivity contribution in [2.24, 2.45) is 0 Å². The average Bonchev–Trinajstić information content (AvgIpc) is 3.29. The lowest BCUT2D eigenvalue weighted by atomic mass is 9.94. The second-order valence-corrected chi connectivity index (χ2v) is 10.5. The Balaban J connectivity index is 1.70. The summed E-state index contributed by atoms with van der Waals surface area (Å²) in [6, 6.07) is 4.69. The molecule has 0 aliphatic carbocycles. The molecule has 8 nitrogen and oxygen atoms in total. The van der Waals surface area contributed by atoms with Crippen molar-refractivity contribution in [3.63, 3.8) is 0 Å². The Labute approximate surface area is 211 Å². The highest BCUT2D eigenvalue weighted by Crippen LogP contribution is 2.44. The van der Waals surface area contributed by atoms with Crippen LogP contribution in [0.2, 0.25) is 0 Å². The van der Waals surface area contributed by atoms with Gasteiger partial charge in [-0.15, -0.1) is 11.3 Å². The van der Waals surface area contributed by atoms with Crippen LogP contribution in [0.4, 0.5) is 0 Å². The van der Waals surface area contributed by atoms with Crippen molar-refractivity contribution in [3.8, 4) is 5.75 Å². The number of hydrogen-bond acceptors (Lipinski definition) is 8. The summed E-state index contributed by atoms with van der Waals surface area (Å²) in [6.45, 7) is 7.90. The van der Waals surface area contributed by atoms with Crippen LogP contribution >= 0.6 is 27.3 Å². The SMILES string of the molecule is COc1ccc(Br)cc1C1C(C(=O)c2sc(C)nc2C)=C(O)C(=O)N1CCCN1CCOCC1. The molecule has 0 bridgehead atoms. The van der Waals surface area contributed by atoms with Gasteiger partial charge in [-0.1, -0.05) is 15.9 Å². The minimum Gasteiger partial charge on any atom is -0.503 e. The second-order valence-electron chi connectivity index (χ2n) is 8.33. The number of aryl methyl sites for hydroxylation is 2. The van der Waals surface area contributed by atoms with Gasteiger partial charge in [-0.2, -0.15) is 0 Å². The first kappa shape index (κ1) is 24.8. The molecule has 1 N–H and O–H groups in total. The number of benzene rings is 1. The summed E-state index contributed by atoms with van der Waals surface area (Å²) in [5.74, 6) is -0.891. The van der Waals surface area contributed by atoms with E-state index in [-0.39, 0.29) is 11.4 Å². The lowest BCUT2D eigenvalue weighted by Gasteiger charge is -2.30. The van der Waals surface area contributed by atoms with Crippen molar-refractivity contribution in [1.29, 1.82) is 0 Å². The van der Waals surface area contributed by atoms with Crippen molar-refractivity contribution in [1.82, 2.24) is 14.8 Å². The van der Waals surface area contributed by atoms with E-state index in [9.17, 15) is 14.7 Å². The van der Waals surface area contributed by atoms with Crippen LogP contribution in [0.1, 0.15) is 38.4 Å². The molecule has 0 spiro atoms. The highest BCUT2D eigenvalue weighted by Gasteiger charge is 2.45. The molecule has 3 heterocycles. The number of aliphatic hydroxyl groups excluding tert-OH is 1. The first-order valence-corrected chi connectivity index (χ1v) is 12.8. The highest BCUT2D eigenvalue weighted by molar-refractivity contribution is 9.10. The number of morpholine rings is 1. The summed E-state index contributed by atoms with van der Waals surface area (Å²) in [7, 11) is 1.55. The first-order valence-electron chi connectivity index (χ1n) is 11.2. The molecule has 34 heavy (non-hydrogen) atoms. The quantitative estimate of drug-likeness (QED) is 0.500. The van der Waals surface area contributed by atoms with E-state index in [1.165, 1.54) is 11.3 Å². The molecule has 4 rings (SSSR count). The van der Waals surface area contributed by atoms with E-state index < -0.39 is 17.7 Å². The average molecular weight is 550 g/mol. The summed E-state index contributed by atoms with van der Waals surface area (Å²) in [5.41, 5.74) is 1.30. The summed E-state index contributed by atoms with van der Waals surface area (Å²) in [5, 5.41) is 11.7. The van der Waals surface area contributed by atoms with Gasteiger partial charge in [-0.25, -0.2) is 4.98 Å². The molecule has 1 amide bonds. The maximum atomic E-state index is 13.7. The van der Waals surface area contributed by atoms with E-state index in [0.717, 1.165) is 29.1 Å². The van der Waals surface area contributed by atoms with Crippen molar-refractivity contribution >= 4 is 39.0 Å². The number of aliphatic hydroxyl groups is 1.